The third-order valence-electron chi connectivity index (χ3n) is 9.82. The van der Waals surface area contributed by atoms with Crippen LogP contribution in [0.3, 0.4) is 0 Å². The smallest absolute Gasteiger partial charge is 0.220 e. The first-order chi connectivity index (χ1) is 30.3. The van der Waals surface area contributed by atoms with E-state index >= 15 is 0 Å². The van der Waals surface area contributed by atoms with E-state index in [0.29, 0.717) is 5.89 Å². The Hall–Kier alpha value is -6.66. The van der Waals surface area contributed by atoms with Gasteiger partial charge in [-0.05, 0) is 122 Å². The topological polar surface area (TPSA) is 63.4 Å². The minimum Gasteiger partial charge on any atom is -0.439 e. The number of unbranched alkanes of at least 4 members (excludes halogenated alkanes) is 1. The number of fused-ring (bicyclic) bond motifs is 2. The standard InChI is InChI=1S/C40H37N3O2.C10H17N.C6H12/c1-4-7-15-31(6-3)33-18-20-37-35(26-33)42-39(44-37)24-29(5-2)25-40-43(23-12-14-30-13-11-22-41-28-30)36-27-34(19-21-38(36)45-40)32-16-9-8-10-17-32;1-3-5-7-8-10-11-9-6-4-2;1-4-5-6(2)3/h4,6-11,13,15-22,24-28H,1,5,12,14,23H2,2-3H3;3,5,7-8,10-11H,1,4,6,9H2,2H3;2,4-5H2,1,3H3/b15-7-,29-24+,31-6+,40-25-;7-5-,10-8-;. The zero-order chi connectivity index (χ0) is 44.4. The summed E-state index contributed by atoms with van der Waals surface area (Å²) in [7, 11) is 0. The molecular formula is C56H66N4O2. The van der Waals surface area contributed by atoms with Gasteiger partial charge in [-0.3, -0.25) is 4.98 Å². The summed E-state index contributed by atoms with van der Waals surface area (Å²) in [6.07, 6.45) is 32.8. The third kappa shape index (κ3) is 15.7. The normalized spacial score (nSPS) is 13.2. The number of aryl methyl sites for hydroxylation is 1. The van der Waals surface area contributed by atoms with Crippen molar-refractivity contribution < 1.29 is 9.15 Å². The molecule has 3 aromatic carbocycles. The summed E-state index contributed by atoms with van der Waals surface area (Å²) in [6, 6.07) is 27.1. The number of benzene rings is 3. The first kappa shape index (κ1) is 48.0. The summed E-state index contributed by atoms with van der Waals surface area (Å²) in [5.74, 6) is 2.24. The first-order valence-corrected chi connectivity index (χ1v) is 22.0. The fraction of sp³-hybridized carbons (Fsp3) is 0.250. The van der Waals surface area contributed by atoms with Gasteiger partial charge in [0, 0.05) is 37.6 Å². The second kappa shape index (κ2) is 27.2. The number of oxazole rings is 1. The minimum atomic E-state index is 0.574. The fourth-order valence-corrected chi connectivity index (χ4v) is 6.57. The number of allylic oxidation sites excluding steroid dienone is 12. The van der Waals surface area contributed by atoms with Crippen molar-refractivity contribution in [1.82, 2.24) is 15.3 Å². The second-order valence-corrected chi connectivity index (χ2v) is 14.9. The maximum atomic E-state index is 6.49. The van der Waals surface area contributed by atoms with Crippen LogP contribution in [-0.4, -0.2) is 23.1 Å². The molecule has 6 heteroatoms. The molecule has 0 unspecified atom stereocenters. The molecule has 3 heterocycles. The predicted molar refractivity (Wildman–Crippen MR) is 267 cm³/mol. The average molecular weight is 827 g/mol. The minimum absolute atomic E-state index is 0.574. The molecule has 6 rings (SSSR count). The van der Waals surface area contributed by atoms with Crippen LogP contribution in [0.4, 0.5) is 5.69 Å². The van der Waals surface area contributed by atoms with Crippen LogP contribution in [0.5, 0.6) is 5.75 Å². The maximum absolute atomic E-state index is 6.49. The highest BCUT2D eigenvalue weighted by Crippen LogP contribution is 2.42. The number of nitrogens with one attached hydrogen (secondary N) is 1. The molecule has 0 amide bonds. The zero-order valence-electron chi connectivity index (χ0n) is 37.7. The molecule has 0 bridgehead atoms. The fourth-order valence-electron chi connectivity index (χ4n) is 6.57. The van der Waals surface area contributed by atoms with Crippen molar-refractivity contribution in [2.75, 3.05) is 18.0 Å². The molecule has 5 aromatic rings. The summed E-state index contributed by atoms with van der Waals surface area (Å²) >= 11 is 0. The van der Waals surface area contributed by atoms with Gasteiger partial charge in [-0.2, -0.15) is 0 Å². The van der Waals surface area contributed by atoms with E-state index < -0.39 is 0 Å². The van der Waals surface area contributed by atoms with Crippen LogP contribution in [0, 0.1) is 0 Å². The molecule has 1 aliphatic heterocycles. The van der Waals surface area contributed by atoms with Crippen LogP contribution in [-0.2, 0) is 6.42 Å². The Morgan fingerprint density at radius 1 is 0.855 bits per heavy atom. The largest absolute Gasteiger partial charge is 0.439 e. The van der Waals surface area contributed by atoms with Gasteiger partial charge in [-0.1, -0.05) is 143 Å². The number of aromatic nitrogens is 2. The molecule has 1 aliphatic rings. The van der Waals surface area contributed by atoms with Gasteiger partial charge >= 0.3 is 0 Å². The molecule has 0 spiro atoms. The molecule has 0 aliphatic carbocycles. The van der Waals surface area contributed by atoms with Crippen LogP contribution in [0.25, 0.3) is 33.9 Å². The van der Waals surface area contributed by atoms with E-state index in [2.05, 4.69) is 135 Å². The molecule has 6 nitrogen and oxygen atoms in total. The lowest BCUT2D eigenvalue weighted by Gasteiger charge is -2.19. The number of nitrogens with zero attached hydrogens (tertiary/aromatic N) is 3. The Morgan fingerprint density at radius 3 is 2.35 bits per heavy atom. The Labute approximate surface area is 371 Å². The average Bonchev–Trinajstić information content (AvgIpc) is 3.86. The van der Waals surface area contributed by atoms with Gasteiger partial charge in [0.2, 0.25) is 11.8 Å². The van der Waals surface area contributed by atoms with E-state index in [9.17, 15) is 0 Å². The van der Waals surface area contributed by atoms with E-state index in [0.717, 1.165) is 83.0 Å². The first-order valence-electron chi connectivity index (χ1n) is 22.0. The summed E-state index contributed by atoms with van der Waals surface area (Å²) in [5.41, 5.74) is 10.8. The highest BCUT2D eigenvalue weighted by molar-refractivity contribution is 5.83. The SMILES string of the molecule is C=C(C)CCC.C=C/C=C\C(=C/C)c1ccc2oc(/C=C(/C=C3\Oc4ccc(-c5ccccc5)cc4N3CCCc3cccnc3)CC)nc2c1.C=C/C=C\C=C/NCCCC. The molecule has 0 radical (unpaired) electrons. The van der Waals surface area contributed by atoms with Crippen molar-refractivity contribution >= 4 is 28.4 Å². The van der Waals surface area contributed by atoms with Crippen molar-refractivity contribution in [3.8, 4) is 16.9 Å². The number of hydrogen-bond donors (Lipinski definition) is 1. The van der Waals surface area contributed by atoms with E-state index in [1.54, 1.807) is 12.2 Å². The van der Waals surface area contributed by atoms with Gasteiger partial charge in [0.05, 0.1) is 5.69 Å². The lowest BCUT2D eigenvalue weighted by atomic mass is 10.0. The molecule has 0 atom stereocenters. The molecular weight excluding hydrogens is 761 g/mol. The Kier molecular flexibility index (Phi) is 21.1. The number of anilines is 1. The number of rotatable bonds is 19. The number of ether oxygens (including phenoxy) is 1. The lowest BCUT2D eigenvalue weighted by Crippen LogP contribution is -2.22. The second-order valence-electron chi connectivity index (χ2n) is 14.9. The van der Waals surface area contributed by atoms with Gasteiger partial charge in [0.15, 0.2) is 11.3 Å². The van der Waals surface area contributed by atoms with Crippen molar-refractivity contribution in [3.05, 3.63) is 206 Å². The number of hydrogen-bond acceptors (Lipinski definition) is 6. The Balaban J connectivity index is 0.000000419. The highest BCUT2D eigenvalue weighted by Gasteiger charge is 2.27. The van der Waals surface area contributed by atoms with Crippen molar-refractivity contribution in [2.45, 2.75) is 79.6 Å². The van der Waals surface area contributed by atoms with E-state index in [4.69, 9.17) is 14.1 Å². The summed E-state index contributed by atoms with van der Waals surface area (Å²) in [5, 5.41) is 3.18. The predicted octanol–water partition coefficient (Wildman–Crippen LogP) is 15.2. The maximum Gasteiger partial charge on any atom is 0.220 e. The summed E-state index contributed by atoms with van der Waals surface area (Å²) < 4.78 is 12.6. The number of pyridine rings is 1. The van der Waals surface area contributed by atoms with Gasteiger partial charge in [-0.25, -0.2) is 4.98 Å². The van der Waals surface area contributed by atoms with Gasteiger partial charge < -0.3 is 19.4 Å². The van der Waals surface area contributed by atoms with Crippen molar-refractivity contribution in [2.24, 2.45) is 0 Å². The highest BCUT2D eigenvalue weighted by atomic mass is 16.5. The molecule has 322 valence electrons. The van der Waals surface area contributed by atoms with Crippen LogP contribution < -0.4 is 15.0 Å². The molecule has 62 heavy (non-hydrogen) atoms. The third-order valence-corrected chi connectivity index (χ3v) is 9.82. The Bertz CT molecular complexity index is 2340. The molecule has 0 saturated heterocycles. The van der Waals surface area contributed by atoms with E-state index in [1.807, 2.05) is 80.2 Å². The molecule has 1 N–H and O–H groups in total. The monoisotopic (exact) mass is 827 g/mol. The molecule has 2 aromatic heterocycles. The van der Waals surface area contributed by atoms with E-state index in [1.165, 1.54) is 42.4 Å². The van der Waals surface area contributed by atoms with Crippen LogP contribution in [0.2, 0.25) is 0 Å². The molecule has 0 fully saturated rings. The molecule has 0 saturated carbocycles. The van der Waals surface area contributed by atoms with Crippen LogP contribution in [0.15, 0.2) is 193 Å². The van der Waals surface area contributed by atoms with Gasteiger partial charge in [0.25, 0.3) is 0 Å². The van der Waals surface area contributed by atoms with Crippen molar-refractivity contribution in [1.29, 1.82) is 0 Å². The van der Waals surface area contributed by atoms with E-state index in [-0.39, 0.29) is 0 Å². The van der Waals surface area contributed by atoms with Crippen LogP contribution in [0.1, 0.15) is 90.2 Å². The van der Waals surface area contributed by atoms with Gasteiger partial charge in [-0.15, -0.1) is 6.58 Å². The van der Waals surface area contributed by atoms with Gasteiger partial charge in [0.1, 0.15) is 5.52 Å². The zero-order valence-corrected chi connectivity index (χ0v) is 37.7. The summed E-state index contributed by atoms with van der Waals surface area (Å²) in [4.78, 5) is 11.4. The lowest BCUT2D eigenvalue weighted by molar-refractivity contribution is 0.436. The van der Waals surface area contributed by atoms with Crippen LogP contribution >= 0.6 is 0 Å². The summed E-state index contributed by atoms with van der Waals surface area (Å²) in [6.45, 7) is 23.5. The van der Waals surface area contributed by atoms with Crippen molar-refractivity contribution in [3.63, 3.8) is 0 Å². The quantitative estimate of drug-likeness (QED) is 0.0508. The Morgan fingerprint density at radius 2 is 1.68 bits per heavy atom.